The van der Waals surface area contributed by atoms with Crippen LogP contribution in [0.25, 0.3) is 5.76 Å². The molecular formula is C29H29NO6. The van der Waals surface area contributed by atoms with Crippen LogP contribution in [0.15, 0.2) is 78.4 Å². The average molecular weight is 488 g/mol. The van der Waals surface area contributed by atoms with Crippen molar-refractivity contribution < 1.29 is 28.9 Å². The van der Waals surface area contributed by atoms with E-state index in [1.807, 2.05) is 44.2 Å². The number of likely N-dealkylation sites (tertiary alicyclic amines) is 1. The van der Waals surface area contributed by atoms with Crippen molar-refractivity contribution in [1.82, 2.24) is 4.90 Å². The lowest BCUT2D eigenvalue weighted by Gasteiger charge is -2.26. The summed E-state index contributed by atoms with van der Waals surface area (Å²) in [6.45, 7) is 4.07. The second-order valence-corrected chi connectivity index (χ2v) is 8.74. The quantitative estimate of drug-likeness (QED) is 0.270. The predicted octanol–water partition coefficient (Wildman–Crippen LogP) is 5.11. The zero-order valence-electron chi connectivity index (χ0n) is 20.7. The first kappa shape index (κ1) is 24.9. The van der Waals surface area contributed by atoms with Crippen LogP contribution in [-0.4, -0.2) is 42.0 Å². The van der Waals surface area contributed by atoms with Crippen molar-refractivity contribution >= 4 is 17.4 Å². The molecule has 1 atom stereocenters. The summed E-state index contributed by atoms with van der Waals surface area (Å²) in [5.74, 6) is 0.252. The lowest BCUT2D eigenvalue weighted by Crippen LogP contribution is -2.29. The van der Waals surface area contributed by atoms with Crippen molar-refractivity contribution in [2.75, 3.05) is 14.2 Å². The number of aliphatic hydroxyl groups is 1. The Kier molecular flexibility index (Phi) is 7.29. The Morgan fingerprint density at radius 1 is 0.889 bits per heavy atom. The Labute approximate surface area is 210 Å². The number of ketones is 1. The van der Waals surface area contributed by atoms with Gasteiger partial charge < -0.3 is 24.2 Å². The number of rotatable bonds is 8. The molecule has 1 heterocycles. The van der Waals surface area contributed by atoms with Gasteiger partial charge in [-0.05, 0) is 73.5 Å². The van der Waals surface area contributed by atoms with Gasteiger partial charge >= 0.3 is 0 Å². The Morgan fingerprint density at radius 3 is 2.14 bits per heavy atom. The lowest BCUT2D eigenvalue weighted by atomic mass is 9.95. The van der Waals surface area contributed by atoms with Gasteiger partial charge in [-0.3, -0.25) is 9.59 Å². The van der Waals surface area contributed by atoms with Crippen LogP contribution in [0.1, 0.15) is 36.6 Å². The van der Waals surface area contributed by atoms with Crippen molar-refractivity contribution in [2.45, 2.75) is 32.5 Å². The third-order valence-corrected chi connectivity index (χ3v) is 5.96. The minimum absolute atomic E-state index is 0.0261. The summed E-state index contributed by atoms with van der Waals surface area (Å²) < 4.78 is 16.3. The SMILES string of the molecule is COc1ccc(/C(O)=C2/C(=O)C(=O)N(Cc3ccc(OC(C)C)cc3)C2c2cccc(OC)c2)cc1. The summed E-state index contributed by atoms with van der Waals surface area (Å²) in [4.78, 5) is 28.0. The summed E-state index contributed by atoms with van der Waals surface area (Å²) in [7, 11) is 3.10. The van der Waals surface area contributed by atoms with E-state index >= 15 is 0 Å². The van der Waals surface area contributed by atoms with Crippen molar-refractivity contribution in [3.63, 3.8) is 0 Å². The summed E-state index contributed by atoms with van der Waals surface area (Å²) >= 11 is 0. The largest absolute Gasteiger partial charge is 0.507 e. The summed E-state index contributed by atoms with van der Waals surface area (Å²) in [6.07, 6.45) is 0.0414. The summed E-state index contributed by atoms with van der Waals surface area (Å²) in [6, 6.07) is 20.4. The van der Waals surface area contributed by atoms with Gasteiger partial charge in [-0.25, -0.2) is 0 Å². The number of hydrogen-bond donors (Lipinski definition) is 1. The van der Waals surface area contributed by atoms with E-state index in [1.54, 1.807) is 56.7 Å². The third-order valence-electron chi connectivity index (χ3n) is 5.96. The highest BCUT2D eigenvalue weighted by atomic mass is 16.5. The van der Waals surface area contributed by atoms with E-state index in [0.717, 1.165) is 11.3 Å². The monoisotopic (exact) mass is 487 g/mol. The number of aliphatic hydroxyl groups excluding tert-OH is 1. The molecular weight excluding hydrogens is 458 g/mol. The number of ether oxygens (including phenoxy) is 3. The first-order chi connectivity index (χ1) is 17.3. The van der Waals surface area contributed by atoms with E-state index in [0.29, 0.717) is 22.6 Å². The number of benzene rings is 3. The molecule has 36 heavy (non-hydrogen) atoms. The maximum Gasteiger partial charge on any atom is 0.295 e. The maximum absolute atomic E-state index is 13.3. The highest BCUT2D eigenvalue weighted by Crippen LogP contribution is 2.41. The van der Waals surface area contributed by atoms with E-state index in [4.69, 9.17) is 14.2 Å². The fourth-order valence-corrected chi connectivity index (χ4v) is 4.25. The molecule has 1 unspecified atom stereocenters. The standard InChI is InChI=1S/C29H29NO6/c1-18(2)36-23-12-8-19(9-13-23)17-30-26(21-6-5-7-24(16-21)35-4)25(28(32)29(30)33)27(31)20-10-14-22(34-3)15-11-20/h5-16,18,26,31H,17H2,1-4H3/b27-25-. The predicted molar refractivity (Wildman–Crippen MR) is 136 cm³/mol. The molecule has 1 amide bonds. The Hall–Kier alpha value is -4.26. The van der Waals surface area contributed by atoms with Gasteiger partial charge in [0.15, 0.2) is 0 Å². The first-order valence-electron chi connectivity index (χ1n) is 11.6. The van der Waals surface area contributed by atoms with Gasteiger partial charge in [-0.1, -0.05) is 24.3 Å². The molecule has 1 aliphatic heterocycles. The molecule has 7 nitrogen and oxygen atoms in total. The van der Waals surface area contributed by atoms with Crippen molar-refractivity contribution in [1.29, 1.82) is 0 Å². The highest BCUT2D eigenvalue weighted by molar-refractivity contribution is 6.46. The van der Waals surface area contributed by atoms with E-state index in [9.17, 15) is 14.7 Å². The normalized spacial score (nSPS) is 16.9. The van der Waals surface area contributed by atoms with Gasteiger partial charge in [0.05, 0.1) is 31.9 Å². The molecule has 0 radical (unpaired) electrons. The zero-order valence-corrected chi connectivity index (χ0v) is 20.7. The second-order valence-electron chi connectivity index (χ2n) is 8.74. The topological polar surface area (TPSA) is 85.3 Å². The van der Waals surface area contributed by atoms with E-state index < -0.39 is 17.7 Å². The van der Waals surface area contributed by atoms with Crippen LogP contribution in [-0.2, 0) is 16.1 Å². The van der Waals surface area contributed by atoms with Gasteiger partial charge in [0.25, 0.3) is 11.7 Å². The molecule has 186 valence electrons. The third kappa shape index (κ3) is 5.05. The van der Waals surface area contributed by atoms with Crippen LogP contribution >= 0.6 is 0 Å². The van der Waals surface area contributed by atoms with Gasteiger partial charge in [0.2, 0.25) is 0 Å². The number of amides is 1. The number of nitrogens with zero attached hydrogens (tertiary/aromatic N) is 1. The Balaban J connectivity index is 1.78. The van der Waals surface area contributed by atoms with Gasteiger partial charge in [-0.15, -0.1) is 0 Å². The fourth-order valence-electron chi connectivity index (χ4n) is 4.25. The molecule has 0 aliphatic carbocycles. The number of Topliss-reactive ketones (excluding diaryl/α,β-unsaturated/α-hetero) is 1. The molecule has 1 fully saturated rings. The highest BCUT2D eigenvalue weighted by Gasteiger charge is 2.46. The van der Waals surface area contributed by atoms with Gasteiger partial charge in [-0.2, -0.15) is 0 Å². The average Bonchev–Trinajstić information content (AvgIpc) is 3.14. The molecule has 0 aromatic heterocycles. The molecule has 7 heteroatoms. The van der Waals surface area contributed by atoms with Crippen LogP contribution < -0.4 is 14.2 Å². The number of carbonyl (C=O) groups is 2. The zero-order chi connectivity index (χ0) is 25.8. The molecule has 0 bridgehead atoms. The van der Waals surface area contributed by atoms with Crippen LogP contribution in [0.5, 0.6) is 17.2 Å². The van der Waals surface area contributed by atoms with Crippen molar-refractivity contribution in [2.24, 2.45) is 0 Å². The van der Waals surface area contributed by atoms with E-state index in [-0.39, 0.29) is 24.0 Å². The molecule has 3 aromatic carbocycles. The van der Waals surface area contributed by atoms with Crippen LogP contribution in [0.4, 0.5) is 0 Å². The minimum Gasteiger partial charge on any atom is -0.507 e. The Bertz CT molecular complexity index is 1280. The summed E-state index contributed by atoms with van der Waals surface area (Å²) in [5.41, 5.74) is 1.92. The molecule has 0 spiro atoms. The second kappa shape index (κ2) is 10.6. The fraction of sp³-hybridized carbons (Fsp3) is 0.241. The van der Waals surface area contributed by atoms with Crippen molar-refractivity contribution in [3.8, 4) is 17.2 Å². The van der Waals surface area contributed by atoms with Crippen molar-refractivity contribution in [3.05, 3.63) is 95.1 Å². The number of carbonyl (C=O) groups excluding carboxylic acids is 2. The van der Waals surface area contributed by atoms with Crippen LogP contribution in [0.3, 0.4) is 0 Å². The smallest absolute Gasteiger partial charge is 0.295 e. The van der Waals surface area contributed by atoms with Crippen LogP contribution in [0, 0.1) is 0 Å². The molecule has 1 saturated heterocycles. The van der Waals surface area contributed by atoms with Gasteiger partial charge in [0.1, 0.15) is 23.0 Å². The molecule has 1 aliphatic rings. The molecule has 4 rings (SSSR count). The Morgan fingerprint density at radius 2 is 1.53 bits per heavy atom. The maximum atomic E-state index is 13.3. The number of methoxy groups -OCH3 is 2. The molecule has 3 aromatic rings. The minimum atomic E-state index is -0.797. The van der Waals surface area contributed by atoms with E-state index in [2.05, 4.69) is 0 Å². The molecule has 0 saturated carbocycles. The number of hydrogen-bond acceptors (Lipinski definition) is 6. The molecule has 1 N–H and O–H groups in total. The lowest BCUT2D eigenvalue weighted by molar-refractivity contribution is -0.140. The van der Waals surface area contributed by atoms with Crippen LogP contribution in [0.2, 0.25) is 0 Å². The summed E-state index contributed by atoms with van der Waals surface area (Å²) in [5, 5.41) is 11.2. The first-order valence-corrected chi connectivity index (χ1v) is 11.6. The van der Waals surface area contributed by atoms with E-state index in [1.165, 1.54) is 4.90 Å². The van der Waals surface area contributed by atoms with Gasteiger partial charge in [0, 0.05) is 12.1 Å².